The van der Waals surface area contributed by atoms with Gasteiger partial charge in [0.05, 0.1) is 33.0 Å². The van der Waals surface area contributed by atoms with Crippen LogP contribution in [0, 0.1) is 5.92 Å². The van der Waals surface area contributed by atoms with Gasteiger partial charge in [0.1, 0.15) is 5.38 Å². The molecule has 0 aliphatic carbocycles. The van der Waals surface area contributed by atoms with Crippen LogP contribution in [0.1, 0.15) is 151 Å². The highest BCUT2D eigenvalue weighted by molar-refractivity contribution is 6.30. The van der Waals surface area contributed by atoms with E-state index in [0.717, 1.165) is 146 Å². The Morgan fingerprint density at radius 1 is 0.439 bits per heavy atom. The Bertz CT molecular complexity index is 1770. The summed E-state index contributed by atoms with van der Waals surface area (Å²) in [5, 5.41) is 5.03. The minimum Gasteiger partial charge on any atom is -0.490 e. The SMILES string of the molecule is CCCCCOc1cc2c3cc(OCCCCC)c(OCCCCC)cc3c3cc(OC(=O)[C@@H](Cl)CC(C)C)c(OCCCCC)cc3c2cc1OCCCCC. The van der Waals surface area contributed by atoms with Gasteiger partial charge in [-0.05, 0) is 113 Å². The molecule has 1 atom stereocenters. The van der Waals surface area contributed by atoms with Gasteiger partial charge in [-0.3, -0.25) is 4.79 Å². The molecule has 4 rings (SSSR count). The Labute approximate surface area is 348 Å². The number of carbonyl (C=O) groups excluding carboxylic acids is 1. The van der Waals surface area contributed by atoms with Crippen molar-refractivity contribution < 1.29 is 33.2 Å². The average Bonchev–Trinajstić information content (AvgIpc) is 3.20. The summed E-state index contributed by atoms with van der Waals surface area (Å²) in [5.41, 5.74) is 0. The summed E-state index contributed by atoms with van der Waals surface area (Å²) in [5.74, 6) is 3.52. The molecule has 0 N–H and O–H groups in total. The number of unbranched alkanes of at least 4 members (excludes halogenated alkanes) is 10. The van der Waals surface area contributed by atoms with Gasteiger partial charge in [0, 0.05) is 0 Å². The van der Waals surface area contributed by atoms with E-state index in [1.165, 1.54) is 0 Å². The normalized spacial score (nSPS) is 12.1. The molecule has 316 valence electrons. The number of hydrogen-bond acceptors (Lipinski definition) is 7. The first-order valence-electron chi connectivity index (χ1n) is 22.3. The summed E-state index contributed by atoms with van der Waals surface area (Å²) in [4.78, 5) is 13.5. The first kappa shape index (κ1) is 46.1. The van der Waals surface area contributed by atoms with Crippen molar-refractivity contribution in [2.75, 3.05) is 33.0 Å². The van der Waals surface area contributed by atoms with Crippen LogP contribution in [-0.2, 0) is 4.79 Å². The zero-order chi connectivity index (χ0) is 41.0. The highest BCUT2D eigenvalue weighted by Gasteiger charge is 2.24. The molecule has 0 bridgehead atoms. The van der Waals surface area contributed by atoms with Crippen molar-refractivity contribution in [3.8, 4) is 34.5 Å². The van der Waals surface area contributed by atoms with E-state index in [2.05, 4.69) is 58.9 Å². The lowest BCUT2D eigenvalue weighted by Crippen LogP contribution is -2.22. The van der Waals surface area contributed by atoms with Crippen molar-refractivity contribution in [1.29, 1.82) is 0 Å². The van der Waals surface area contributed by atoms with Gasteiger partial charge in [-0.15, -0.1) is 11.6 Å². The summed E-state index contributed by atoms with van der Waals surface area (Å²) in [7, 11) is 0. The number of fused-ring (bicyclic) bond motifs is 6. The molecular weight excluding hydrogens is 736 g/mol. The molecule has 7 nitrogen and oxygen atoms in total. The third-order valence-corrected chi connectivity index (χ3v) is 10.7. The number of ether oxygens (including phenoxy) is 6. The number of esters is 1. The van der Waals surface area contributed by atoms with Crippen LogP contribution in [0.15, 0.2) is 36.4 Å². The van der Waals surface area contributed by atoms with Crippen LogP contribution in [-0.4, -0.2) is 44.4 Å². The van der Waals surface area contributed by atoms with Gasteiger partial charge >= 0.3 is 5.97 Å². The molecule has 0 unspecified atom stereocenters. The molecule has 57 heavy (non-hydrogen) atoms. The molecule has 0 fully saturated rings. The number of alkyl halides is 1. The monoisotopic (exact) mass is 806 g/mol. The lowest BCUT2D eigenvalue weighted by atomic mass is 9.93. The maximum atomic E-state index is 13.5. The third-order valence-electron chi connectivity index (χ3n) is 10.3. The Morgan fingerprint density at radius 2 is 0.684 bits per heavy atom. The third kappa shape index (κ3) is 13.8. The van der Waals surface area contributed by atoms with E-state index in [4.69, 9.17) is 40.0 Å². The van der Waals surface area contributed by atoms with Gasteiger partial charge in [0.25, 0.3) is 0 Å². The predicted molar refractivity (Wildman–Crippen MR) is 239 cm³/mol. The molecule has 0 amide bonds. The zero-order valence-corrected chi connectivity index (χ0v) is 37.0. The number of halogens is 1. The van der Waals surface area contributed by atoms with Crippen molar-refractivity contribution in [1.82, 2.24) is 0 Å². The van der Waals surface area contributed by atoms with Crippen molar-refractivity contribution >= 4 is 49.9 Å². The van der Waals surface area contributed by atoms with Gasteiger partial charge < -0.3 is 28.4 Å². The molecule has 0 aliphatic heterocycles. The minimum atomic E-state index is -0.777. The first-order chi connectivity index (χ1) is 27.8. The van der Waals surface area contributed by atoms with E-state index < -0.39 is 11.3 Å². The quantitative estimate of drug-likeness (QED) is 0.0178. The van der Waals surface area contributed by atoms with E-state index in [1.54, 1.807) is 0 Å². The van der Waals surface area contributed by atoms with Gasteiger partial charge in [0.2, 0.25) is 0 Å². The van der Waals surface area contributed by atoms with Crippen LogP contribution in [0.2, 0.25) is 0 Å². The summed E-state index contributed by atoms with van der Waals surface area (Å²) in [6.45, 7) is 18.0. The summed E-state index contributed by atoms with van der Waals surface area (Å²) in [6.07, 6.45) is 16.2. The van der Waals surface area contributed by atoms with E-state index >= 15 is 0 Å². The fourth-order valence-electron chi connectivity index (χ4n) is 7.01. The molecule has 0 aliphatic rings. The highest BCUT2D eigenvalue weighted by atomic mass is 35.5. The van der Waals surface area contributed by atoms with Crippen LogP contribution >= 0.6 is 11.6 Å². The Balaban J connectivity index is 2.04. The molecule has 4 aromatic rings. The topological polar surface area (TPSA) is 72.5 Å². The Hall–Kier alpha value is -3.58. The van der Waals surface area contributed by atoms with Crippen molar-refractivity contribution in [2.45, 2.75) is 157 Å². The first-order valence-corrected chi connectivity index (χ1v) is 22.7. The number of rotatable bonds is 29. The van der Waals surface area contributed by atoms with Crippen LogP contribution < -0.4 is 28.4 Å². The van der Waals surface area contributed by atoms with Crippen molar-refractivity contribution in [2.24, 2.45) is 5.92 Å². The number of carbonyl (C=O) groups is 1. The zero-order valence-electron chi connectivity index (χ0n) is 36.2. The summed E-state index contributed by atoms with van der Waals surface area (Å²) >= 11 is 6.61. The number of hydrogen-bond donors (Lipinski definition) is 0. The Kier molecular flexibility index (Phi) is 20.2. The summed E-state index contributed by atoms with van der Waals surface area (Å²) in [6, 6.07) is 12.5. The van der Waals surface area contributed by atoms with Crippen molar-refractivity contribution in [3.05, 3.63) is 36.4 Å². The van der Waals surface area contributed by atoms with Gasteiger partial charge in [0.15, 0.2) is 34.5 Å². The molecule has 0 saturated carbocycles. The molecule has 0 aromatic heterocycles. The smallest absolute Gasteiger partial charge is 0.329 e. The molecule has 0 spiro atoms. The fourth-order valence-corrected chi connectivity index (χ4v) is 7.41. The van der Waals surface area contributed by atoms with E-state index in [1.807, 2.05) is 26.0 Å². The van der Waals surface area contributed by atoms with Gasteiger partial charge in [-0.25, -0.2) is 0 Å². The lowest BCUT2D eigenvalue weighted by Gasteiger charge is -2.21. The van der Waals surface area contributed by atoms with E-state index in [-0.39, 0.29) is 5.92 Å². The van der Waals surface area contributed by atoms with Crippen LogP contribution in [0.5, 0.6) is 34.5 Å². The standard InChI is InChI=1S/C49H71ClO7/c1-8-13-18-23-52-43-29-36-37-30-44(53-24-19-14-9-2)46(55-26-21-16-11-4)32-39(37)41-34-48(57-49(51)42(50)28-35(6)7)47(56-27-22-17-12-5)33-40(41)38(36)31-45(43)54-25-20-15-10-3/h29-35,42H,8-28H2,1-7H3/t42-/m0/s1. The molecule has 4 aromatic carbocycles. The maximum Gasteiger partial charge on any atom is 0.329 e. The fraction of sp³-hybridized carbons (Fsp3) is 0.612. The van der Waals surface area contributed by atoms with Crippen LogP contribution in [0.25, 0.3) is 32.3 Å². The minimum absolute atomic E-state index is 0.241. The lowest BCUT2D eigenvalue weighted by molar-refractivity contribution is -0.134. The molecule has 0 heterocycles. The molecule has 8 heteroatoms. The Morgan fingerprint density at radius 3 is 0.930 bits per heavy atom. The number of benzene rings is 4. The second kappa shape index (κ2) is 25.0. The summed E-state index contributed by atoms with van der Waals surface area (Å²) < 4.78 is 38.7. The average molecular weight is 808 g/mol. The molecule has 0 saturated heterocycles. The van der Waals surface area contributed by atoms with Crippen LogP contribution in [0.3, 0.4) is 0 Å². The van der Waals surface area contributed by atoms with E-state index in [9.17, 15) is 4.79 Å². The van der Waals surface area contributed by atoms with Crippen molar-refractivity contribution in [3.63, 3.8) is 0 Å². The second-order valence-electron chi connectivity index (χ2n) is 15.8. The van der Waals surface area contributed by atoms with E-state index in [0.29, 0.717) is 56.7 Å². The predicted octanol–water partition coefficient (Wildman–Crippen LogP) is 14.6. The molecule has 0 radical (unpaired) electrons. The molecular formula is C49H71ClO7. The van der Waals surface area contributed by atoms with Crippen LogP contribution in [0.4, 0.5) is 0 Å². The maximum absolute atomic E-state index is 13.5. The van der Waals surface area contributed by atoms with Gasteiger partial charge in [-0.2, -0.15) is 0 Å². The highest BCUT2D eigenvalue weighted by Crippen LogP contribution is 2.47. The van der Waals surface area contributed by atoms with Gasteiger partial charge in [-0.1, -0.05) is 113 Å². The largest absolute Gasteiger partial charge is 0.490 e. The second-order valence-corrected chi connectivity index (χ2v) is 16.4.